The molecule has 0 aromatic heterocycles. The number of methoxy groups -OCH3 is 1. The van der Waals surface area contributed by atoms with Crippen molar-refractivity contribution in [3.05, 3.63) is 35.9 Å². The van der Waals surface area contributed by atoms with Gasteiger partial charge in [-0.2, -0.15) is 0 Å². The minimum absolute atomic E-state index is 0.164. The second kappa shape index (κ2) is 7.85. The molecule has 0 aliphatic rings. The lowest BCUT2D eigenvalue weighted by Crippen LogP contribution is -2.21. The van der Waals surface area contributed by atoms with E-state index in [0.29, 0.717) is 6.61 Å². The standard InChI is InChI=1S/C16H25NO2/c1-5-14(17)10-13-6-7-15(18-4)11-16(13)19-9-8-12(2)3/h6-7,11,14H,2,5,8-10,17H2,1,3-4H3. The molecule has 0 fully saturated rings. The molecule has 2 N–H and O–H groups in total. The van der Waals surface area contributed by atoms with E-state index in [4.69, 9.17) is 15.2 Å². The maximum atomic E-state index is 6.02. The first kappa shape index (κ1) is 15.6. The van der Waals surface area contributed by atoms with Crippen molar-refractivity contribution in [2.75, 3.05) is 13.7 Å². The third-order valence-electron chi connectivity index (χ3n) is 3.07. The van der Waals surface area contributed by atoms with Crippen molar-refractivity contribution < 1.29 is 9.47 Å². The van der Waals surface area contributed by atoms with Crippen molar-refractivity contribution in [3.63, 3.8) is 0 Å². The van der Waals surface area contributed by atoms with Crippen LogP contribution in [-0.2, 0) is 6.42 Å². The van der Waals surface area contributed by atoms with E-state index in [9.17, 15) is 0 Å². The average Bonchev–Trinajstić information content (AvgIpc) is 2.39. The Morgan fingerprint density at radius 3 is 2.74 bits per heavy atom. The molecular formula is C16H25NO2. The van der Waals surface area contributed by atoms with E-state index in [1.807, 2.05) is 25.1 Å². The van der Waals surface area contributed by atoms with Crippen LogP contribution in [0.3, 0.4) is 0 Å². The van der Waals surface area contributed by atoms with E-state index in [-0.39, 0.29) is 6.04 Å². The molecule has 0 saturated carbocycles. The number of nitrogens with two attached hydrogens (primary N) is 1. The second-order valence-electron chi connectivity index (χ2n) is 4.90. The number of rotatable bonds is 8. The van der Waals surface area contributed by atoms with Crippen LogP contribution < -0.4 is 15.2 Å². The fourth-order valence-corrected chi connectivity index (χ4v) is 1.73. The van der Waals surface area contributed by atoms with Gasteiger partial charge in [-0.1, -0.05) is 18.6 Å². The Bertz CT molecular complexity index is 415. The van der Waals surface area contributed by atoms with E-state index >= 15 is 0 Å². The van der Waals surface area contributed by atoms with Crippen molar-refractivity contribution in [2.45, 2.75) is 39.2 Å². The summed E-state index contributed by atoms with van der Waals surface area (Å²) in [5, 5.41) is 0. The second-order valence-corrected chi connectivity index (χ2v) is 4.90. The van der Waals surface area contributed by atoms with Gasteiger partial charge in [0.25, 0.3) is 0 Å². The first-order valence-corrected chi connectivity index (χ1v) is 6.76. The number of hydrogen-bond donors (Lipinski definition) is 1. The largest absolute Gasteiger partial charge is 0.497 e. The monoisotopic (exact) mass is 263 g/mol. The van der Waals surface area contributed by atoms with E-state index in [1.54, 1.807) is 7.11 Å². The van der Waals surface area contributed by atoms with Crippen LogP contribution >= 0.6 is 0 Å². The van der Waals surface area contributed by atoms with E-state index in [1.165, 1.54) is 0 Å². The molecule has 19 heavy (non-hydrogen) atoms. The van der Waals surface area contributed by atoms with Crippen LogP contribution in [0.5, 0.6) is 11.5 Å². The van der Waals surface area contributed by atoms with Gasteiger partial charge in [0.1, 0.15) is 11.5 Å². The van der Waals surface area contributed by atoms with Gasteiger partial charge in [-0.3, -0.25) is 0 Å². The van der Waals surface area contributed by atoms with E-state index < -0.39 is 0 Å². The molecule has 0 saturated heterocycles. The molecule has 1 atom stereocenters. The molecule has 1 rings (SSSR count). The molecule has 1 aromatic rings. The highest BCUT2D eigenvalue weighted by Gasteiger charge is 2.09. The lowest BCUT2D eigenvalue weighted by Gasteiger charge is -2.15. The summed E-state index contributed by atoms with van der Waals surface area (Å²) in [4.78, 5) is 0. The fourth-order valence-electron chi connectivity index (χ4n) is 1.73. The van der Waals surface area contributed by atoms with Gasteiger partial charge < -0.3 is 15.2 Å². The predicted molar refractivity (Wildman–Crippen MR) is 79.9 cm³/mol. The SMILES string of the molecule is C=C(C)CCOc1cc(OC)ccc1CC(N)CC. The summed E-state index contributed by atoms with van der Waals surface area (Å²) >= 11 is 0. The molecule has 0 radical (unpaired) electrons. The van der Waals surface area contributed by atoms with Crippen LogP contribution in [-0.4, -0.2) is 19.8 Å². The summed E-state index contributed by atoms with van der Waals surface area (Å²) < 4.78 is 11.1. The maximum absolute atomic E-state index is 6.02. The minimum Gasteiger partial charge on any atom is -0.497 e. The molecule has 3 nitrogen and oxygen atoms in total. The van der Waals surface area contributed by atoms with Crippen molar-refractivity contribution >= 4 is 0 Å². The Kier molecular flexibility index (Phi) is 6.43. The van der Waals surface area contributed by atoms with Gasteiger partial charge in [0.15, 0.2) is 0 Å². The highest BCUT2D eigenvalue weighted by molar-refractivity contribution is 5.41. The Labute approximate surface area is 116 Å². The highest BCUT2D eigenvalue weighted by Crippen LogP contribution is 2.26. The third kappa shape index (κ3) is 5.35. The fraction of sp³-hybridized carbons (Fsp3) is 0.500. The average molecular weight is 263 g/mol. The first-order chi connectivity index (χ1) is 9.06. The number of ether oxygens (including phenoxy) is 2. The Morgan fingerprint density at radius 1 is 1.42 bits per heavy atom. The van der Waals surface area contributed by atoms with Gasteiger partial charge in [-0.15, -0.1) is 6.58 Å². The molecule has 0 heterocycles. The first-order valence-electron chi connectivity index (χ1n) is 6.76. The summed E-state index contributed by atoms with van der Waals surface area (Å²) in [6.45, 7) is 8.61. The van der Waals surface area contributed by atoms with Crippen LogP contribution in [0.2, 0.25) is 0 Å². The molecule has 0 amide bonds. The quantitative estimate of drug-likeness (QED) is 0.732. The van der Waals surface area contributed by atoms with Crippen LogP contribution in [0.1, 0.15) is 32.3 Å². The van der Waals surface area contributed by atoms with Crippen LogP contribution in [0.25, 0.3) is 0 Å². The molecule has 1 unspecified atom stereocenters. The van der Waals surface area contributed by atoms with Crippen molar-refractivity contribution in [3.8, 4) is 11.5 Å². The summed E-state index contributed by atoms with van der Waals surface area (Å²) in [5.41, 5.74) is 8.28. The van der Waals surface area contributed by atoms with Crippen molar-refractivity contribution in [1.29, 1.82) is 0 Å². The molecule has 106 valence electrons. The smallest absolute Gasteiger partial charge is 0.126 e. The van der Waals surface area contributed by atoms with Gasteiger partial charge in [-0.05, 0) is 31.4 Å². The lowest BCUT2D eigenvalue weighted by atomic mass is 10.0. The van der Waals surface area contributed by atoms with Crippen LogP contribution in [0.4, 0.5) is 0 Å². The maximum Gasteiger partial charge on any atom is 0.126 e. The van der Waals surface area contributed by atoms with Gasteiger partial charge in [0.05, 0.1) is 13.7 Å². The molecular weight excluding hydrogens is 238 g/mol. The number of benzene rings is 1. The van der Waals surface area contributed by atoms with E-state index in [0.717, 1.165) is 41.9 Å². The molecule has 0 aliphatic carbocycles. The molecule has 0 aliphatic heterocycles. The molecule has 1 aromatic carbocycles. The zero-order chi connectivity index (χ0) is 14.3. The molecule has 3 heteroatoms. The van der Waals surface area contributed by atoms with Gasteiger partial charge in [0, 0.05) is 18.5 Å². The molecule has 0 bridgehead atoms. The number of hydrogen-bond acceptors (Lipinski definition) is 3. The van der Waals surface area contributed by atoms with Crippen LogP contribution in [0, 0.1) is 0 Å². The summed E-state index contributed by atoms with van der Waals surface area (Å²) in [6.07, 6.45) is 2.64. The van der Waals surface area contributed by atoms with Crippen molar-refractivity contribution in [2.24, 2.45) is 5.73 Å². The Hall–Kier alpha value is -1.48. The third-order valence-corrected chi connectivity index (χ3v) is 3.07. The van der Waals surface area contributed by atoms with Gasteiger partial charge >= 0.3 is 0 Å². The van der Waals surface area contributed by atoms with Crippen molar-refractivity contribution in [1.82, 2.24) is 0 Å². The summed E-state index contributed by atoms with van der Waals surface area (Å²) in [6, 6.07) is 6.07. The van der Waals surface area contributed by atoms with Crippen LogP contribution in [0.15, 0.2) is 30.4 Å². The summed E-state index contributed by atoms with van der Waals surface area (Å²) in [7, 11) is 1.66. The minimum atomic E-state index is 0.164. The lowest BCUT2D eigenvalue weighted by molar-refractivity contribution is 0.314. The topological polar surface area (TPSA) is 44.5 Å². The van der Waals surface area contributed by atoms with Gasteiger partial charge in [0.2, 0.25) is 0 Å². The molecule has 0 spiro atoms. The van der Waals surface area contributed by atoms with Gasteiger partial charge in [-0.25, -0.2) is 0 Å². The van der Waals surface area contributed by atoms with E-state index in [2.05, 4.69) is 13.5 Å². The normalized spacial score (nSPS) is 12.0. The Morgan fingerprint density at radius 2 is 2.16 bits per heavy atom. The predicted octanol–water partition coefficient (Wildman–Crippen LogP) is 3.32. The Balaban J connectivity index is 2.79. The zero-order valence-electron chi connectivity index (χ0n) is 12.2. The zero-order valence-corrected chi connectivity index (χ0v) is 12.2. The summed E-state index contributed by atoms with van der Waals surface area (Å²) in [5.74, 6) is 1.67. The highest BCUT2D eigenvalue weighted by atomic mass is 16.5.